The number of rotatable bonds is 5. The number of phenolic OH excluding ortho intramolecular Hbond substituents is 1. The molecule has 4 nitrogen and oxygen atoms in total. The average molecular weight is 354 g/mol. The molecule has 0 heterocycles. The smallest absolute Gasteiger partial charge is 0.259 e. The molecule has 0 unspecified atom stereocenters. The number of carbonyl (C=O) groups excluding carboxylic acids is 1. The average Bonchev–Trinajstić information content (AvgIpc) is 2.64. The monoisotopic (exact) mass is 353 g/mol. The highest BCUT2D eigenvalue weighted by molar-refractivity contribution is 6.31. The number of hydrogen-bond donors (Lipinski definition) is 2. The fraction of sp³-hybridized carbons (Fsp3) is 0.0500. The van der Waals surface area contributed by atoms with E-state index in [1.807, 2.05) is 30.3 Å². The van der Waals surface area contributed by atoms with Crippen LogP contribution in [0.4, 0.5) is 5.69 Å². The van der Waals surface area contributed by atoms with E-state index in [4.69, 9.17) is 16.3 Å². The van der Waals surface area contributed by atoms with Gasteiger partial charge in [-0.25, -0.2) is 0 Å². The first kappa shape index (κ1) is 16.9. The Bertz CT molecular complexity index is 864. The molecule has 0 aromatic heterocycles. The van der Waals surface area contributed by atoms with Crippen molar-refractivity contribution in [2.75, 3.05) is 5.32 Å². The van der Waals surface area contributed by atoms with Crippen LogP contribution in [0.5, 0.6) is 11.5 Å². The number of amides is 1. The minimum absolute atomic E-state index is 0.121. The van der Waals surface area contributed by atoms with Crippen molar-refractivity contribution in [3.63, 3.8) is 0 Å². The van der Waals surface area contributed by atoms with Crippen molar-refractivity contribution in [1.82, 2.24) is 0 Å². The summed E-state index contributed by atoms with van der Waals surface area (Å²) in [6, 6.07) is 21.2. The van der Waals surface area contributed by atoms with Crippen molar-refractivity contribution in [3.8, 4) is 11.5 Å². The standard InChI is InChI=1S/C20H16ClNO3/c21-15-6-11-19(23)18(12-15)20(24)22-16-7-9-17(10-8-16)25-13-14-4-2-1-3-5-14/h1-12,23H,13H2,(H,22,24). The third kappa shape index (κ3) is 4.52. The molecule has 0 radical (unpaired) electrons. The maximum atomic E-state index is 12.2. The van der Waals surface area contributed by atoms with Gasteiger partial charge in [0.05, 0.1) is 5.56 Å². The number of anilines is 1. The first-order valence-electron chi connectivity index (χ1n) is 7.68. The van der Waals surface area contributed by atoms with Gasteiger partial charge in [-0.1, -0.05) is 41.9 Å². The molecule has 126 valence electrons. The molecule has 0 aliphatic rings. The molecule has 0 aliphatic carbocycles. The van der Waals surface area contributed by atoms with Crippen LogP contribution in [0.3, 0.4) is 0 Å². The van der Waals surface area contributed by atoms with Crippen molar-refractivity contribution >= 4 is 23.2 Å². The molecule has 0 fully saturated rings. The highest BCUT2D eigenvalue weighted by Gasteiger charge is 2.12. The van der Waals surface area contributed by atoms with E-state index >= 15 is 0 Å². The number of benzene rings is 3. The topological polar surface area (TPSA) is 58.6 Å². The van der Waals surface area contributed by atoms with Gasteiger partial charge in [0.1, 0.15) is 18.1 Å². The maximum Gasteiger partial charge on any atom is 0.259 e. The second-order valence-electron chi connectivity index (χ2n) is 5.41. The summed E-state index contributed by atoms with van der Waals surface area (Å²) in [5.74, 6) is 0.148. The fourth-order valence-corrected chi connectivity index (χ4v) is 2.44. The van der Waals surface area contributed by atoms with E-state index in [1.165, 1.54) is 18.2 Å². The second kappa shape index (κ2) is 7.73. The quantitative estimate of drug-likeness (QED) is 0.687. The number of nitrogens with one attached hydrogen (secondary N) is 1. The van der Waals surface area contributed by atoms with E-state index in [-0.39, 0.29) is 11.3 Å². The first-order valence-corrected chi connectivity index (χ1v) is 8.06. The zero-order valence-corrected chi connectivity index (χ0v) is 14.0. The number of halogens is 1. The molecule has 0 aliphatic heterocycles. The molecule has 2 N–H and O–H groups in total. The molecule has 0 bridgehead atoms. The molecular weight excluding hydrogens is 338 g/mol. The SMILES string of the molecule is O=C(Nc1ccc(OCc2ccccc2)cc1)c1cc(Cl)ccc1O. The molecule has 0 atom stereocenters. The van der Waals surface area contributed by atoms with Gasteiger partial charge in [-0.15, -0.1) is 0 Å². The van der Waals surface area contributed by atoms with Crippen molar-refractivity contribution in [2.24, 2.45) is 0 Å². The summed E-state index contributed by atoms with van der Waals surface area (Å²) in [6.45, 7) is 0.475. The Labute approximate surface area is 150 Å². The van der Waals surface area contributed by atoms with Gasteiger partial charge in [0, 0.05) is 10.7 Å². The van der Waals surface area contributed by atoms with Gasteiger partial charge in [0.15, 0.2) is 0 Å². The highest BCUT2D eigenvalue weighted by atomic mass is 35.5. The van der Waals surface area contributed by atoms with Crippen LogP contribution in [-0.4, -0.2) is 11.0 Å². The summed E-state index contributed by atoms with van der Waals surface area (Å²) in [5.41, 5.74) is 1.80. The highest BCUT2D eigenvalue weighted by Crippen LogP contribution is 2.23. The molecule has 3 rings (SSSR count). The summed E-state index contributed by atoms with van der Waals surface area (Å²) >= 11 is 5.86. The number of phenols is 1. The molecule has 0 saturated heterocycles. The Morgan fingerprint density at radius 1 is 1.00 bits per heavy atom. The molecule has 0 saturated carbocycles. The Morgan fingerprint density at radius 2 is 1.72 bits per heavy atom. The summed E-state index contributed by atoms with van der Waals surface area (Å²) in [5, 5.41) is 12.9. The predicted molar refractivity (Wildman–Crippen MR) is 98.3 cm³/mol. The largest absolute Gasteiger partial charge is 0.507 e. The van der Waals surface area contributed by atoms with Crippen LogP contribution in [-0.2, 0) is 6.61 Å². The van der Waals surface area contributed by atoms with Crippen molar-refractivity contribution in [2.45, 2.75) is 6.61 Å². The normalized spacial score (nSPS) is 10.3. The van der Waals surface area contributed by atoms with Crippen LogP contribution >= 0.6 is 11.6 Å². The maximum absolute atomic E-state index is 12.2. The lowest BCUT2D eigenvalue weighted by Crippen LogP contribution is -2.12. The van der Waals surface area contributed by atoms with E-state index in [1.54, 1.807) is 24.3 Å². The molecule has 3 aromatic carbocycles. The van der Waals surface area contributed by atoms with Crippen LogP contribution in [0.25, 0.3) is 0 Å². The van der Waals surface area contributed by atoms with Gasteiger partial charge >= 0.3 is 0 Å². The molecule has 1 amide bonds. The summed E-state index contributed by atoms with van der Waals surface area (Å²) in [6.07, 6.45) is 0. The first-order chi connectivity index (χ1) is 12.1. The van der Waals surface area contributed by atoms with Gasteiger partial charge < -0.3 is 15.2 Å². The van der Waals surface area contributed by atoms with E-state index in [9.17, 15) is 9.90 Å². The number of ether oxygens (including phenoxy) is 1. The van der Waals surface area contributed by atoms with Gasteiger partial charge in [-0.3, -0.25) is 4.79 Å². The van der Waals surface area contributed by atoms with Gasteiger partial charge in [-0.2, -0.15) is 0 Å². The van der Waals surface area contributed by atoms with Crippen LogP contribution in [0.15, 0.2) is 72.8 Å². The predicted octanol–water partition coefficient (Wildman–Crippen LogP) is 4.88. The summed E-state index contributed by atoms with van der Waals surface area (Å²) in [7, 11) is 0. The third-order valence-electron chi connectivity index (χ3n) is 3.56. The van der Waals surface area contributed by atoms with E-state index in [2.05, 4.69) is 5.32 Å². The molecule has 0 spiro atoms. The van der Waals surface area contributed by atoms with E-state index < -0.39 is 5.91 Å². The molecule has 25 heavy (non-hydrogen) atoms. The van der Waals surface area contributed by atoms with Crippen LogP contribution in [0, 0.1) is 0 Å². The Kier molecular flexibility index (Phi) is 5.21. The zero-order chi connectivity index (χ0) is 17.6. The number of hydrogen-bond acceptors (Lipinski definition) is 3. The minimum atomic E-state index is -0.432. The number of aromatic hydroxyl groups is 1. The van der Waals surface area contributed by atoms with E-state index in [0.717, 1.165) is 5.56 Å². The lowest BCUT2D eigenvalue weighted by molar-refractivity contribution is 0.102. The van der Waals surface area contributed by atoms with Crippen molar-refractivity contribution in [3.05, 3.63) is 88.9 Å². The Morgan fingerprint density at radius 3 is 2.44 bits per heavy atom. The van der Waals surface area contributed by atoms with Crippen LogP contribution in [0.2, 0.25) is 5.02 Å². The van der Waals surface area contributed by atoms with Gasteiger partial charge in [0.2, 0.25) is 0 Å². The molecular formula is C20H16ClNO3. The number of carbonyl (C=O) groups is 1. The Hall–Kier alpha value is -2.98. The van der Waals surface area contributed by atoms with Crippen molar-refractivity contribution in [1.29, 1.82) is 0 Å². The lowest BCUT2D eigenvalue weighted by atomic mass is 10.2. The Balaban J connectivity index is 1.62. The van der Waals surface area contributed by atoms with Crippen LogP contribution < -0.4 is 10.1 Å². The third-order valence-corrected chi connectivity index (χ3v) is 3.80. The summed E-state index contributed by atoms with van der Waals surface area (Å²) in [4.78, 5) is 12.2. The minimum Gasteiger partial charge on any atom is -0.507 e. The van der Waals surface area contributed by atoms with E-state index in [0.29, 0.717) is 23.1 Å². The van der Waals surface area contributed by atoms with Crippen LogP contribution in [0.1, 0.15) is 15.9 Å². The lowest BCUT2D eigenvalue weighted by Gasteiger charge is -2.09. The van der Waals surface area contributed by atoms with Gasteiger partial charge in [0.25, 0.3) is 5.91 Å². The summed E-state index contributed by atoms with van der Waals surface area (Å²) < 4.78 is 5.70. The molecule has 5 heteroatoms. The molecule has 3 aromatic rings. The van der Waals surface area contributed by atoms with Crippen molar-refractivity contribution < 1.29 is 14.6 Å². The van der Waals surface area contributed by atoms with Gasteiger partial charge in [-0.05, 0) is 48.0 Å². The fourth-order valence-electron chi connectivity index (χ4n) is 2.26. The zero-order valence-electron chi connectivity index (χ0n) is 13.3. The second-order valence-corrected chi connectivity index (χ2v) is 5.85.